The van der Waals surface area contributed by atoms with E-state index >= 15 is 0 Å². The maximum Gasteiger partial charge on any atom is 0.416 e. The third-order valence-electron chi connectivity index (χ3n) is 4.58. The average Bonchev–Trinajstić information content (AvgIpc) is 3.10. The van der Waals surface area contributed by atoms with Crippen LogP contribution in [0.3, 0.4) is 0 Å². The van der Waals surface area contributed by atoms with Gasteiger partial charge in [-0.1, -0.05) is 0 Å². The number of alkyl halides is 3. The first-order valence-electron chi connectivity index (χ1n) is 8.28. The first kappa shape index (κ1) is 16.8. The van der Waals surface area contributed by atoms with Crippen molar-refractivity contribution in [2.24, 2.45) is 0 Å². The highest BCUT2D eigenvalue weighted by atomic mass is 19.4. The highest BCUT2D eigenvalue weighted by molar-refractivity contribution is 5.95. The molecule has 0 spiro atoms. The first-order valence-corrected chi connectivity index (χ1v) is 8.28. The molecule has 1 fully saturated rings. The Kier molecular flexibility index (Phi) is 4.07. The number of nitrogens with one attached hydrogen (secondary N) is 1. The van der Waals surface area contributed by atoms with Gasteiger partial charge >= 0.3 is 6.18 Å². The second-order valence-corrected chi connectivity index (χ2v) is 6.25. The summed E-state index contributed by atoms with van der Waals surface area (Å²) in [7, 11) is 0. The van der Waals surface area contributed by atoms with Gasteiger partial charge in [-0.05, 0) is 36.8 Å². The molecule has 3 aromatic rings. The zero-order valence-electron chi connectivity index (χ0n) is 14.1. The molecule has 136 valence electrons. The molecule has 2 aromatic heterocycles. The molecule has 0 saturated carbocycles. The van der Waals surface area contributed by atoms with E-state index in [2.05, 4.69) is 20.1 Å². The number of morpholine rings is 1. The number of ether oxygens (including phenoxy) is 1. The van der Waals surface area contributed by atoms with E-state index in [0.29, 0.717) is 40.9 Å². The van der Waals surface area contributed by atoms with Crippen molar-refractivity contribution < 1.29 is 17.9 Å². The molecule has 0 aliphatic carbocycles. The number of aromatic nitrogens is 3. The lowest BCUT2D eigenvalue weighted by atomic mass is 9.98. The Hall–Kier alpha value is -2.61. The largest absolute Gasteiger partial charge is 0.416 e. The normalized spacial score (nSPS) is 15.6. The highest BCUT2D eigenvalue weighted by Gasteiger charge is 2.32. The third-order valence-corrected chi connectivity index (χ3v) is 4.58. The van der Waals surface area contributed by atoms with Gasteiger partial charge in [0.25, 0.3) is 0 Å². The lowest BCUT2D eigenvalue weighted by Crippen LogP contribution is -2.36. The number of aryl methyl sites for hydroxylation is 1. The zero-order chi connectivity index (χ0) is 18.3. The summed E-state index contributed by atoms with van der Waals surface area (Å²) in [5, 5.41) is 7.17. The summed E-state index contributed by atoms with van der Waals surface area (Å²) in [6.45, 7) is 4.60. The predicted molar refractivity (Wildman–Crippen MR) is 92.1 cm³/mol. The van der Waals surface area contributed by atoms with Gasteiger partial charge in [0, 0.05) is 29.7 Å². The Morgan fingerprint density at radius 3 is 2.58 bits per heavy atom. The van der Waals surface area contributed by atoms with Gasteiger partial charge in [0.05, 0.1) is 30.5 Å². The number of rotatable bonds is 2. The number of hydrogen-bond acceptors (Lipinski definition) is 4. The van der Waals surface area contributed by atoms with Crippen LogP contribution < -0.4 is 4.90 Å². The number of hydrogen-bond donors (Lipinski definition) is 1. The quantitative estimate of drug-likeness (QED) is 0.754. The molecule has 0 radical (unpaired) electrons. The summed E-state index contributed by atoms with van der Waals surface area (Å²) >= 11 is 0. The van der Waals surface area contributed by atoms with Crippen molar-refractivity contribution in [2.45, 2.75) is 13.1 Å². The molecule has 0 bridgehead atoms. The molecule has 1 aromatic carbocycles. The Balaban J connectivity index is 1.81. The minimum atomic E-state index is -4.43. The fraction of sp³-hybridized carbons (Fsp3) is 0.333. The number of fused-ring (bicyclic) bond motifs is 1. The fourth-order valence-electron chi connectivity index (χ4n) is 3.24. The van der Waals surface area contributed by atoms with Crippen LogP contribution in [0.25, 0.3) is 22.0 Å². The molecule has 3 heterocycles. The van der Waals surface area contributed by atoms with E-state index in [1.807, 2.05) is 19.1 Å². The molecule has 1 N–H and O–H groups in total. The van der Waals surface area contributed by atoms with Gasteiger partial charge in [-0.2, -0.15) is 18.3 Å². The van der Waals surface area contributed by atoms with Crippen molar-refractivity contribution >= 4 is 16.7 Å². The van der Waals surface area contributed by atoms with Crippen molar-refractivity contribution in [3.05, 3.63) is 41.7 Å². The summed E-state index contributed by atoms with van der Waals surface area (Å²) < 4.78 is 45.1. The summed E-state index contributed by atoms with van der Waals surface area (Å²) in [5.74, 6) is 0.810. The number of pyridine rings is 1. The van der Waals surface area contributed by atoms with Gasteiger partial charge in [-0.25, -0.2) is 4.98 Å². The molecule has 1 aliphatic heterocycles. The number of halogens is 3. The van der Waals surface area contributed by atoms with Crippen LogP contribution in [-0.2, 0) is 10.9 Å². The molecule has 26 heavy (non-hydrogen) atoms. The molecule has 1 saturated heterocycles. The lowest BCUT2D eigenvalue weighted by molar-refractivity contribution is -0.137. The molecule has 0 unspecified atom stereocenters. The van der Waals surface area contributed by atoms with Crippen LogP contribution in [0.5, 0.6) is 0 Å². The summed E-state index contributed by atoms with van der Waals surface area (Å²) in [6, 6.07) is 5.92. The van der Waals surface area contributed by atoms with Crippen molar-refractivity contribution in [3.8, 4) is 11.1 Å². The van der Waals surface area contributed by atoms with Crippen molar-refractivity contribution in [1.82, 2.24) is 15.2 Å². The van der Waals surface area contributed by atoms with E-state index in [-0.39, 0.29) is 0 Å². The monoisotopic (exact) mass is 362 g/mol. The van der Waals surface area contributed by atoms with Crippen LogP contribution in [0.2, 0.25) is 0 Å². The van der Waals surface area contributed by atoms with Crippen LogP contribution in [0.1, 0.15) is 11.3 Å². The number of nitrogens with zero attached hydrogens (tertiary/aromatic N) is 3. The zero-order valence-corrected chi connectivity index (χ0v) is 14.1. The minimum Gasteiger partial charge on any atom is -0.378 e. The molecule has 5 nitrogen and oxygen atoms in total. The topological polar surface area (TPSA) is 54.0 Å². The average molecular weight is 362 g/mol. The van der Waals surface area contributed by atoms with Gasteiger partial charge in [-0.15, -0.1) is 0 Å². The second kappa shape index (κ2) is 6.28. The van der Waals surface area contributed by atoms with Crippen LogP contribution in [0, 0.1) is 6.92 Å². The number of benzene rings is 1. The van der Waals surface area contributed by atoms with Crippen LogP contribution in [-0.4, -0.2) is 41.5 Å². The molecule has 1 aliphatic rings. The summed E-state index contributed by atoms with van der Waals surface area (Å²) in [6.07, 6.45) is -2.89. The first-order chi connectivity index (χ1) is 12.4. The highest BCUT2D eigenvalue weighted by Crippen LogP contribution is 2.37. The molecular weight excluding hydrogens is 345 g/mol. The van der Waals surface area contributed by atoms with Crippen LogP contribution in [0.15, 0.2) is 30.5 Å². The Labute approximate surface area is 147 Å². The molecule has 0 atom stereocenters. The van der Waals surface area contributed by atoms with Crippen molar-refractivity contribution in [1.29, 1.82) is 0 Å². The van der Waals surface area contributed by atoms with E-state index < -0.39 is 11.7 Å². The van der Waals surface area contributed by atoms with Crippen LogP contribution >= 0.6 is 0 Å². The van der Waals surface area contributed by atoms with Gasteiger partial charge in [0.15, 0.2) is 0 Å². The van der Waals surface area contributed by atoms with E-state index in [9.17, 15) is 13.2 Å². The maximum absolute atomic E-state index is 13.3. The predicted octanol–water partition coefficient (Wildman–Crippen LogP) is 3.79. The van der Waals surface area contributed by atoms with Gasteiger partial charge < -0.3 is 9.64 Å². The Morgan fingerprint density at radius 2 is 1.88 bits per heavy atom. The van der Waals surface area contributed by atoms with E-state index in [0.717, 1.165) is 31.0 Å². The molecule has 0 amide bonds. The summed E-state index contributed by atoms with van der Waals surface area (Å²) in [4.78, 5) is 6.73. The van der Waals surface area contributed by atoms with Crippen LogP contribution in [0.4, 0.5) is 19.0 Å². The second-order valence-electron chi connectivity index (χ2n) is 6.25. The Morgan fingerprint density at radius 1 is 1.12 bits per heavy atom. The van der Waals surface area contributed by atoms with Crippen molar-refractivity contribution in [3.63, 3.8) is 0 Å². The third kappa shape index (κ3) is 3.01. The maximum atomic E-state index is 13.3. The number of aromatic amines is 1. The van der Waals surface area contributed by atoms with Gasteiger partial charge in [0.2, 0.25) is 0 Å². The smallest absolute Gasteiger partial charge is 0.378 e. The number of H-pyrrole nitrogens is 1. The standard InChI is InChI=1S/C18H17F3N4O/c1-11-13(2-3-17(23-11)25-4-6-26-7-5-25)14-8-12(18(19,20)21)9-16-15(14)10-22-24-16/h2-3,8-10H,4-7H2,1H3,(H,22,24). The van der Waals surface area contributed by atoms with E-state index in [4.69, 9.17) is 4.74 Å². The van der Waals surface area contributed by atoms with Gasteiger partial charge in [-0.3, -0.25) is 5.10 Å². The SMILES string of the molecule is Cc1nc(N2CCOCC2)ccc1-c1cc(C(F)(F)F)cc2[nH]ncc12. The molecule has 8 heteroatoms. The number of anilines is 1. The molecule has 4 rings (SSSR count). The van der Waals surface area contributed by atoms with E-state index in [1.54, 1.807) is 6.20 Å². The molecular formula is C18H17F3N4O. The van der Waals surface area contributed by atoms with Crippen molar-refractivity contribution in [2.75, 3.05) is 31.2 Å². The lowest BCUT2D eigenvalue weighted by Gasteiger charge is -2.28. The van der Waals surface area contributed by atoms with E-state index in [1.165, 1.54) is 0 Å². The summed E-state index contributed by atoms with van der Waals surface area (Å²) in [5.41, 5.74) is 1.46. The Bertz CT molecular complexity index is 945. The van der Waals surface area contributed by atoms with Gasteiger partial charge in [0.1, 0.15) is 5.82 Å². The minimum absolute atomic E-state index is 0.353. The fourth-order valence-corrected chi connectivity index (χ4v) is 3.24.